The van der Waals surface area contributed by atoms with Gasteiger partial charge < -0.3 is 78.7 Å². The number of aliphatic hydroxyl groups is 7. The second-order valence-corrected chi connectivity index (χ2v) is 24.5. The molecule has 23 heteroatoms. The predicted octanol–water partition coefficient (Wildman–Crippen LogP) is 2.87. The molecule has 4 aliphatic heterocycles. The molecule has 1 amide bonds. The van der Waals surface area contributed by atoms with Gasteiger partial charge in [-0.15, -0.1) is 5.10 Å². The quantitative estimate of drug-likeness (QED) is 0.0996. The van der Waals surface area contributed by atoms with Gasteiger partial charge in [0.15, 0.2) is 12.6 Å². The largest absolute Gasteiger partial charge is 0.459 e. The number of methoxy groups -OCH3 is 1. The van der Waals surface area contributed by atoms with Gasteiger partial charge in [0.2, 0.25) is 0 Å². The number of hydrogen-bond donors (Lipinski definition) is 7. The van der Waals surface area contributed by atoms with E-state index >= 15 is 0 Å². The number of carbonyl (C=O) groups is 2. The lowest BCUT2D eigenvalue weighted by Crippen LogP contribution is -2.61. The minimum absolute atomic E-state index is 0.0814. The highest BCUT2D eigenvalue weighted by molar-refractivity contribution is 5.89. The Bertz CT molecular complexity index is 2290. The highest BCUT2D eigenvalue weighted by Crippen LogP contribution is 2.41. The average Bonchev–Trinajstić information content (AvgIpc) is 4.11. The van der Waals surface area contributed by atoms with Crippen molar-refractivity contribution in [1.29, 1.82) is 0 Å². The topological polar surface area (TPSA) is 284 Å². The van der Waals surface area contributed by atoms with Gasteiger partial charge >= 0.3 is 12.1 Å². The molecule has 4 saturated heterocycles. The first kappa shape index (κ1) is 66.6. The fourth-order valence-electron chi connectivity index (χ4n) is 12.9. The summed E-state index contributed by atoms with van der Waals surface area (Å²) in [5.41, 5.74) is -2.68. The van der Waals surface area contributed by atoms with Crippen molar-refractivity contribution in [3.63, 3.8) is 0 Å². The van der Waals surface area contributed by atoms with Crippen molar-refractivity contribution in [3.8, 4) is 0 Å². The molecule has 0 spiro atoms. The van der Waals surface area contributed by atoms with Gasteiger partial charge in [-0.1, -0.05) is 52.0 Å². The van der Waals surface area contributed by atoms with Gasteiger partial charge in [0.1, 0.15) is 36.1 Å². The average molecular weight is 1150 g/mol. The van der Waals surface area contributed by atoms with E-state index in [1.807, 2.05) is 56.5 Å². The summed E-state index contributed by atoms with van der Waals surface area (Å²) in [5, 5.41) is 89.8. The summed E-state index contributed by atoms with van der Waals surface area (Å²) < 4.78 is 45.7. The number of nitrogens with zero attached hydrogens (tertiary/aromatic N) is 7. The van der Waals surface area contributed by atoms with Crippen LogP contribution in [0.1, 0.15) is 126 Å². The Morgan fingerprint density at radius 3 is 2.19 bits per heavy atom. The zero-order chi connectivity index (χ0) is 60.1. The van der Waals surface area contributed by atoms with E-state index in [2.05, 4.69) is 10.3 Å². The molecule has 0 radical (unpaired) electrons. The van der Waals surface area contributed by atoms with E-state index in [1.54, 1.807) is 83.6 Å². The first-order valence-electron chi connectivity index (χ1n) is 29.3. The maximum absolute atomic E-state index is 14.5. The summed E-state index contributed by atoms with van der Waals surface area (Å²) in [5.74, 6) is -2.88. The summed E-state index contributed by atoms with van der Waals surface area (Å²) in [4.78, 5) is 35.1. The first-order chi connectivity index (χ1) is 38.0. The molecule has 6 rings (SSSR count). The van der Waals surface area contributed by atoms with Crippen LogP contribution in [0.2, 0.25) is 0 Å². The number of ether oxygens (including phenoxy) is 7. The number of amides is 1. The van der Waals surface area contributed by atoms with Crippen molar-refractivity contribution >= 4 is 17.7 Å². The Hall–Kier alpha value is -3.50. The van der Waals surface area contributed by atoms with Crippen molar-refractivity contribution in [2.45, 2.75) is 230 Å². The number of anilines is 1. The molecule has 7 N–H and O–H groups in total. The first-order valence-corrected chi connectivity index (χ1v) is 29.3. The maximum Gasteiger partial charge on any atom is 0.414 e. The van der Waals surface area contributed by atoms with Crippen LogP contribution in [0.15, 0.2) is 30.5 Å². The van der Waals surface area contributed by atoms with E-state index < -0.39 is 132 Å². The summed E-state index contributed by atoms with van der Waals surface area (Å²) in [6.45, 7) is 23.9. The number of rotatable bonds is 19. The standard InChI is InChI=1S/C58H99N7O16/c1-16-45-58(12,74)50(69)37(8)62(14)28-33(4)26-56(10,73)52(35(6)49(36(7)53(71)79-45)80-46-27-57(11,75-15)51(70)38(9)77-46)81-54-48(68)43(25-34(5)76-54)61(13)24-23-40-29-64(60-59-40)30-42-31-65(55(72)78-42)41-21-19-39(20-22-41)47(67)44(32-66)63(17-2)18-3/h19-22,29,33-38,42-52,54,66-70,73-74H,16-18,23-28,30-32H2,1-15H3/t33-,34-,35+,36-,37-,38+,42+,43+,44+,45-,46+,47-,48-,49+,50-,51+,52-,54+,56-,57-,58-/m1/s1. The van der Waals surface area contributed by atoms with Gasteiger partial charge in [-0.05, 0) is 119 Å². The van der Waals surface area contributed by atoms with Gasteiger partial charge in [-0.2, -0.15) is 0 Å². The van der Waals surface area contributed by atoms with Crippen LogP contribution in [-0.2, 0) is 50.9 Å². The van der Waals surface area contributed by atoms with E-state index in [4.69, 9.17) is 33.2 Å². The molecule has 462 valence electrons. The summed E-state index contributed by atoms with van der Waals surface area (Å²) >= 11 is 0. The van der Waals surface area contributed by atoms with Crippen LogP contribution >= 0.6 is 0 Å². The predicted molar refractivity (Wildman–Crippen MR) is 300 cm³/mol. The Balaban J connectivity index is 1.18. The molecular weight excluding hydrogens is 1050 g/mol. The molecule has 23 nitrogen and oxygen atoms in total. The summed E-state index contributed by atoms with van der Waals surface area (Å²) in [7, 11) is 5.22. The van der Waals surface area contributed by atoms with Crippen LogP contribution in [0, 0.1) is 17.8 Å². The van der Waals surface area contributed by atoms with Crippen molar-refractivity contribution in [2.24, 2.45) is 17.8 Å². The Labute approximate surface area is 479 Å². The molecule has 4 fully saturated rings. The van der Waals surface area contributed by atoms with Gasteiger partial charge in [-0.25, -0.2) is 9.48 Å². The monoisotopic (exact) mass is 1150 g/mol. The third-order valence-corrected chi connectivity index (χ3v) is 18.1. The number of aromatic nitrogens is 3. The normalized spacial score (nSPS) is 38.8. The number of esters is 1. The maximum atomic E-state index is 14.5. The molecule has 1 aromatic heterocycles. The van der Waals surface area contributed by atoms with E-state index in [0.717, 1.165) is 0 Å². The number of benzene rings is 1. The molecular formula is C58H99N7O16. The van der Waals surface area contributed by atoms with Crippen molar-refractivity contribution in [2.75, 3.05) is 65.4 Å². The minimum Gasteiger partial charge on any atom is -0.459 e. The van der Waals surface area contributed by atoms with Crippen molar-refractivity contribution in [3.05, 3.63) is 41.7 Å². The SMILES string of the molecule is CC[C@H]1OC(=O)[C@H](C)[C@@H](O[C@H]2C[C@@](C)(OC)[C@@H](O)[C@H](C)O2)[C@H](C)[C@@H](O[C@@H]2O[C@H](C)C[C@H](N(C)CCc3cn(C[C@H]4CN(c5ccc([C@@H](O)[C@H](CO)N(CC)CC)cc5)C(=O)O4)nn3)[C@H]2O)[C@](C)(O)C[C@@H](C)CN(C)[C@H](C)[C@@H](O)[C@]1(C)O. The molecule has 81 heavy (non-hydrogen) atoms. The van der Waals surface area contributed by atoms with E-state index in [-0.39, 0.29) is 44.9 Å². The molecule has 21 atom stereocenters. The minimum atomic E-state index is -1.86. The second-order valence-electron chi connectivity index (χ2n) is 24.5. The zero-order valence-corrected chi connectivity index (χ0v) is 50.7. The molecule has 0 aliphatic carbocycles. The molecule has 0 saturated carbocycles. The number of likely N-dealkylation sites (N-methyl/N-ethyl adjacent to an activating group) is 3. The zero-order valence-electron chi connectivity index (χ0n) is 50.7. The van der Waals surface area contributed by atoms with E-state index in [9.17, 15) is 45.3 Å². The summed E-state index contributed by atoms with van der Waals surface area (Å²) in [6, 6.07) is 5.50. The fraction of sp³-hybridized carbons (Fsp3) is 0.828. The van der Waals surface area contributed by atoms with Crippen LogP contribution in [0.5, 0.6) is 0 Å². The van der Waals surface area contributed by atoms with Crippen LogP contribution < -0.4 is 4.90 Å². The van der Waals surface area contributed by atoms with Crippen LogP contribution in [0.3, 0.4) is 0 Å². The Morgan fingerprint density at radius 1 is 0.901 bits per heavy atom. The smallest absolute Gasteiger partial charge is 0.414 e. The number of aliphatic hydroxyl groups excluding tert-OH is 5. The van der Waals surface area contributed by atoms with Gasteiger partial charge in [0.05, 0.1) is 79.1 Å². The Kier molecular flexibility index (Phi) is 23.1. The molecule has 0 bridgehead atoms. The highest BCUT2D eigenvalue weighted by Gasteiger charge is 2.53. The molecule has 2 aromatic rings. The second kappa shape index (κ2) is 28.1. The summed E-state index contributed by atoms with van der Waals surface area (Å²) in [6.07, 6.45) is -9.14. The van der Waals surface area contributed by atoms with Crippen LogP contribution in [0.4, 0.5) is 10.5 Å². The molecule has 1 aromatic carbocycles. The number of cyclic esters (lactones) is 2. The fourth-order valence-corrected chi connectivity index (χ4v) is 12.9. The van der Waals surface area contributed by atoms with Crippen LogP contribution in [0.25, 0.3) is 0 Å². The van der Waals surface area contributed by atoms with Gasteiger partial charge in [0, 0.05) is 62.9 Å². The lowest BCUT2D eigenvalue weighted by Gasteiger charge is -2.49. The van der Waals surface area contributed by atoms with Crippen molar-refractivity contribution in [1.82, 2.24) is 29.7 Å². The molecule has 0 unspecified atom stereocenters. The van der Waals surface area contributed by atoms with Gasteiger partial charge in [-0.3, -0.25) is 14.6 Å². The molecule has 4 aliphatic rings. The lowest BCUT2D eigenvalue weighted by atomic mass is 9.77. The van der Waals surface area contributed by atoms with E-state index in [0.29, 0.717) is 56.0 Å². The molecule has 5 heterocycles. The lowest BCUT2D eigenvalue weighted by molar-refractivity contribution is -0.318. The van der Waals surface area contributed by atoms with Crippen molar-refractivity contribution < 1.29 is 78.5 Å². The van der Waals surface area contributed by atoms with E-state index in [1.165, 1.54) is 18.9 Å². The Morgan fingerprint density at radius 2 is 1.57 bits per heavy atom. The number of hydrogen-bond acceptors (Lipinski definition) is 21. The van der Waals surface area contributed by atoms with Gasteiger partial charge in [0.25, 0.3) is 0 Å². The van der Waals surface area contributed by atoms with Crippen LogP contribution in [-0.4, -0.2) is 240 Å². The third-order valence-electron chi connectivity index (χ3n) is 18.1. The third kappa shape index (κ3) is 15.5. The highest BCUT2D eigenvalue weighted by atomic mass is 16.7. The number of carbonyl (C=O) groups excluding carboxylic acids is 2.